The zero-order valence-corrected chi connectivity index (χ0v) is 17.2. The lowest BCUT2D eigenvalue weighted by atomic mass is 10.2. The molecule has 2 saturated heterocycles. The molecule has 0 spiro atoms. The number of amides is 2. The Balaban J connectivity index is 1.22. The van der Waals surface area contributed by atoms with E-state index in [4.69, 9.17) is 4.74 Å². The van der Waals surface area contributed by atoms with Crippen molar-refractivity contribution in [2.24, 2.45) is 0 Å². The van der Waals surface area contributed by atoms with Gasteiger partial charge in [-0.3, -0.25) is 9.59 Å². The SMILES string of the molecule is O=C(C[NH+]1CCN(C(=O)c2ccccc2)CC1)Nc1ccc(N2CCOCC2)cc1. The number of ether oxygens (including phenoxy) is 1. The molecule has 0 atom stereocenters. The fourth-order valence-corrected chi connectivity index (χ4v) is 3.98. The van der Waals surface area contributed by atoms with Crippen LogP contribution in [0.4, 0.5) is 11.4 Å². The Morgan fingerprint density at radius 1 is 0.900 bits per heavy atom. The summed E-state index contributed by atoms with van der Waals surface area (Å²) in [5, 5.41) is 3.00. The maximum atomic E-state index is 12.5. The highest BCUT2D eigenvalue weighted by molar-refractivity contribution is 5.94. The van der Waals surface area contributed by atoms with Crippen LogP contribution in [0.2, 0.25) is 0 Å². The van der Waals surface area contributed by atoms with Crippen LogP contribution in [0.25, 0.3) is 0 Å². The molecule has 0 aliphatic carbocycles. The van der Waals surface area contributed by atoms with Crippen molar-refractivity contribution in [1.29, 1.82) is 0 Å². The van der Waals surface area contributed by atoms with Gasteiger partial charge in [0, 0.05) is 30.0 Å². The third-order valence-corrected chi connectivity index (χ3v) is 5.72. The smallest absolute Gasteiger partial charge is 0.279 e. The van der Waals surface area contributed by atoms with Crippen molar-refractivity contribution >= 4 is 23.2 Å². The van der Waals surface area contributed by atoms with Gasteiger partial charge in [-0.05, 0) is 36.4 Å². The van der Waals surface area contributed by atoms with Crippen molar-refractivity contribution in [2.45, 2.75) is 0 Å². The minimum absolute atomic E-state index is 0.00644. The van der Waals surface area contributed by atoms with E-state index in [1.807, 2.05) is 59.5 Å². The Labute approximate surface area is 177 Å². The molecule has 2 aromatic rings. The summed E-state index contributed by atoms with van der Waals surface area (Å²) >= 11 is 0. The molecule has 0 unspecified atom stereocenters. The molecule has 30 heavy (non-hydrogen) atoms. The average molecular weight is 410 g/mol. The quantitative estimate of drug-likeness (QED) is 0.755. The minimum Gasteiger partial charge on any atom is -0.378 e. The van der Waals surface area contributed by atoms with E-state index in [1.54, 1.807) is 0 Å². The molecule has 0 radical (unpaired) electrons. The largest absolute Gasteiger partial charge is 0.378 e. The van der Waals surface area contributed by atoms with E-state index in [-0.39, 0.29) is 11.8 Å². The fraction of sp³-hybridized carbons (Fsp3) is 0.391. The third kappa shape index (κ3) is 5.17. The average Bonchev–Trinajstić information content (AvgIpc) is 2.81. The van der Waals surface area contributed by atoms with Crippen LogP contribution in [-0.2, 0) is 9.53 Å². The molecule has 7 heteroatoms. The van der Waals surface area contributed by atoms with Crippen LogP contribution in [0.1, 0.15) is 10.4 Å². The summed E-state index contributed by atoms with van der Waals surface area (Å²) in [5.74, 6) is 0.0754. The second kappa shape index (κ2) is 9.73. The first-order chi connectivity index (χ1) is 14.7. The Morgan fingerprint density at radius 3 is 2.23 bits per heavy atom. The molecule has 158 valence electrons. The first kappa shape index (κ1) is 20.4. The number of piperazine rings is 1. The lowest BCUT2D eigenvalue weighted by Gasteiger charge is -2.32. The van der Waals surface area contributed by atoms with E-state index in [1.165, 1.54) is 4.90 Å². The van der Waals surface area contributed by atoms with Gasteiger partial charge in [0.05, 0.1) is 39.4 Å². The monoisotopic (exact) mass is 409 g/mol. The Morgan fingerprint density at radius 2 is 1.57 bits per heavy atom. The highest BCUT2D eigenvalue weighted by atomic mass is 16.5. The number of rotatable bonds is 5. The maximum Gasteiger partial charge on any atom is 0.279 e. The summed E-state index contributed by atoms with van der Waals surface area (Å²) in [5.41, 5.74) is 2.69. The number of anilines is 2. The summed E-state index contributed by atoms with van der Waals surface area (Å²) in [4.78, 5) is 30.4. The summed E-state index contributed by atoms with van der Waals surface area (Å²) < 4.78 is 5.39. The van der Waals surface area contributed by atoms with E-state index in [2.05, 4.69) is 10.2 Å². The van der Waals surface area contributed by atoms with Crippen LogP contribution in [0.3, 0.4) is 0 Å². The number of hydrogen-bond donors (Lipinski definition) is 2. The predicted molar refractivity (Wildman–Crippen MR) is 116 cm³/mol. The maximum absolute atomic E-state index is 12.5. The molecule has 4 rings (SSSR count). The summed E-state index contributed by atoms with van der Waals surface area (Å²) in [6.07, 6.45) is 0. The van der Waals surface area contributed by atoms with Crippen molar-refractivity contribution in [3.8, 4) is 0 Å². The molecule has 2 amide bonds. The van der Waals surface area contributed by atoms with Crippen LogP contribution in [0, 0.1) is 0 Å². The second-order valence-corrected chi connectivity index (χ2v) is 7.78. The van der Waals surface area contributed by atoms with Gasteiger partial charge in [-0.15, -0.1) is 0 Å². The Hall–Kier alpha value is -2.90. The normalized spacial score (nSPS) is 17.6. The first-order valence-corrected chi connectivity index (χ1v) is 10.6. The number of hydrogen-bond acceptors (Lipinski definition) is 4. The van der Waals surface area contributed by atoms with Crippen molar-refractivity contribution in [1.82, 2.24) is 4.90 Å². The number of nitrogens with one attached hydrogen (secondary N) is 2. The van der Waals surface area contributed by atoms with Crippen LogP contribution >= 0.6 is 0 Å². The highest BCUT2D eigenvalue weighted by Gasteiger charge is 2.25. The van der Waals surface area contributed by atoms with Crippen molar-refractivity contribution in [3.63, 3.8) is 0 Å². The number of quaternary nitrogens is 1. The lowest BCUT2D eigenvalue weighted by Crippen LogP contribution is -3.15. The Kier molecular flexibility index (Phi) is 6.61. The van der Waals surface area contributed by atoms with E-state index >= 15 is 0 Å². The number of morpholine rings is 1. The van der Waals surface area contributed by atoms with Crippen molar-refractivity contribution < 1.29 is 19.2 Å². The van der Waals surface area contributed by atoms with Gasteiger partial charge in [-0.1, -0.05) is 18.2 Å². The number of carbonyl (C=O) groups is 2. The van der Waals surface area contributed by atoms with Gasteiger partial charge < -0.3 is 24.8 Å². The van der Waals surface area contributed by atoms with Gasteiger partial charge in [-0.25, -0.2) is 0 Å². The fourth-order valence-electron chi connectivity index (χ4n) is 3.98. The van der Waals surface area contributed by atoms with Gasteiger partial charge in [-0.2, -0.15) is 0 Å². The first-order valence-electron chi connectivity index (χ1n) is 10.6. The van der Waals surface area contributed by atoms with E-state index in [0.29, 0.717) is 19.6 Å². The number of benzene rings is 2. The molecule has 2 aromatic carbocycles. The predicted octanol–water partition coefficient (Wildman–Crippen LogP) is 0.503. The summed E-state index contributed by atoms with van der Waals surface area (Å²) in [7, 11) is 0. The zero-order valence-electron chi connectivity index (χ0n) is 17.2. The van der Waals surface area contributed by atoms with Crippen LogP contribution in [0.5, 0.6) is 0 Å². The molecule has 2 fully saturated rings. The standard InChI is InChI=1S/C23H28N4O3/c28-22(24-20-6-8-21(9-7-20)26-14-16-30-17-15-26)18-25-10-12-27(13-11-25)23(29)19-4-2-1-3-5-19/h1-9H,10-18H2,(H,24,28)/p+1. The molecular formula is C23H29N4O3+. The number of carbonyl (C=O) groups excluding carboxylic acids is 2. The van der Waals surface area contributed by atoms with Crippen molar-refractivity contribution in [3.05, 3.63) is 60.2 Å². The van der Waals surface area contributed by atoms with Crippen molar-refractivity contribution in [2.75, 3.05) is 69.2 Å². The molecule has 2 aliphatic rings. The molecule has 2 N–H and O–H groups in total. The van der Waals surface area contributed by atoms with Crippen LogP contribution in [-0.4, -0.2) is 75.7 Å². The molecule has 7 nitrogen and oxygen atoms in total. The topological polar surface area (TPSA) is 66.3 Å². The molecular weight excluding hydrogens is 380 g/mol. The van der Waals surface area contributed by atoms with Crippen LogP contribution < -0.4 is 15.1 Å². The second-order valence-electron chi connectivity index (χ2n) is 7.78. The van der Waals surface area contributed by atoms with E-state index < -0.39 is 0 Å². The highest BCUT2D eigenvalue weighted by Crippen LogP contribution is 2.18. The van der Waals surface area contributed by atoms with Gasteiger partial charge in [0.15, 0.2) is 6.54 Å². The minimum atomic E-state index is 0.00644. The summed E-state index contributed by atoms with van der Waals surface area (Å²) in [6.45, 7) is 6.62. The van der Waals surface area contributed by atoms with Gasteiger partial charge >= 0.3 is 0 Å². The van der Waals surface area contributed by atoms with Gasteiger partial charge in [0.25, 0.3) is 11.8 Å². The van der Waals surface area contributed by atoms with E-state index in [9.17, 15) is 9.59 Å². The molecule has 0 aromatic heterocycles. The third-order valence-electron chi connectivity index (χ3n) is 5.72. The molecule has 2 heterocycles. The van der Waals surface area contributed by atoms with Crippen LogP contribution in [0.15, 0.2) is 54.6 Å². The van der Waals surface area contributed by atoms with Gasteiger partial charge in [0.2, 0.25) is 0 Å². The Bertz CT molecular complexity index is 843. The van der Waals surface area contributed by atoms with E-state index in [0.717, 1.165) is 56.3 Å². The molecule has 2 aliphatic heterocycles. The summed E-state index contributed by atoms with van der Waals surface area (Å²) in [6, 6.07) is 17.4. The zero-order chi connectivity index (χ0) is 20.8. The number of nitrogens with zero attached hydrogens (tertiary/aromatic N) is 2. The lowest BCUT2D eigenvalue weighted by molar-refractivity contribution is -0.895. The molecule has 0 saturated carbocycles. The van der Waals surface area contributed by atoms with Gasteiger partial charge in [0.1, 0.15) is 0 Å². The molecule has 0 bridgehead atoms.